The summed E-state index contributed by atoms with van der Waals surface area (Å²) < 4.78 is 1.51. The van der Waals surface area contributed by atoms with Crippen molar-refractivity contribution in [2.75, 3.05) is 0 Å². The molecular formula is C12H10Br2N2O2. The Hall–Kier alpha value is -1.11. The number of nitrogens with one attached hydrogen (secondary N) is 2. The third kappa shape index (κ3) is 3.44. The van der Waals surface area contributed by atoms with Gasteiger partial charge >= 0.3 is 0 Å². The lowest BCUT2D eigenvalue weighted by atomic mass is 10.2. The Kier molecular flexibility index (Phi) is 4.57. The van der Waals surface area contributed by atoms with Crippen molar-refractivity contribution in [2.24, 2.45) is 0 Å². The molecule has 18 heavy (non-hydrogen) atoms. The fourth-order valence-corrected chi connectivity index (χ4v) is 2.00. The minimum atomic E-state index is -0.322. The maximum atomic E-state index is 11.7. The number of carbonyl (C=O) groups excluding carboxylic acids is 1. The van der Waals surface area contributed by atoms with E-state index in [2.05, 4.69) is 42.3 Å². The average Bonchev–Trinajstić information content (AvgIpc) is 2.71. The van der Waals surface area contributed by atoms with E-state index in [-0.39, 0.29) is 5.91 Å². The van der Waals surface area contributed by atoms with Crippen LogP contribution in [0.1, 0.15) is 16.1 Å². The first-order chi connectivity index (χ1) is 8.66. The molecule has 94 valence electrons. The van der Waals surface area contributed by atoms with Crippen molar-refractivity contribution in [1.82, 2.24) is 10.5 Å². The van der Waals surface area contributed by atoms with Crippen molar-refractivity contribution in [3.05, 3.63) is 56.7 Å². The SMILES string of the molecule is O=C(NOCc1ccccc1)c1cc(Br)c(Br)[nH]1. The second-order valence-electron chi connectivity index (χ2n) is 3.55. The molecule has 1 aromatic heterocycles. The van der Waals surface area contributed by atoms with Gasteiger partial charge < -0.3 is 4.98 Å². The van der Waals surface area contributed by atoms with E-state index >= 15 is 0 Å². The highest BCUT2D eigenvalue weighted by atomic mass is 79.9. The molecule has 0 saturated carbocycles. The topological polar surface area (TPSA) is 54.1 Å². The van der Waals surface area contributed by atoms with Gasteiger partial charge in [0.25, 0.3) is 5.91 Å². The minimum Gasteiger partial charge on any atom is -0.344 e. The molecule has 0 bridgehead atoms. The Labute approximate surface area is 121 Å². The molecule has 0 radical (unpaired) electrons. The molecule has 1 amide bonds. The molecule has 0 atom stereocenters. The molecule has 2 N–H and O–H groups in total. The van der Waals surface area contributed by atoms with Crippen molar-refractivity contribution >= 4 is 37.8 Å². The van der Waals surface area contributed by atoms with E-state index in [9.17, 15) is 4.79 Å². The van der Waals surface area contributed by atoms with Crippen LogP contribution in [0.25, 0.3) is 0 Å². The average molecular weight is 374 g/mol. The lowest BCUT2D eigenvalue weighted by Crippen LogP contribution is -2.23. The number of hydrogen-bond donors (Lipinski definition) is 2. The molecule has 0 aliphatic heterocycles. The van der Waals surface area contributed by atoms with Gasteiger partial charge in [-0.25, -0.2) is 5.48 Å². The smallest absolute Gasteiger partial charge is 0.291 e. The molecule has 2 rings (SSSR count). The van der Waals surface area contributed by atoms with Crippen LogP contribution < -0.4 is 5.48 Å². The number of halogens is 2. The highest BCUT2D eigenvalue weighted by Gasteiger charge is 2.10. The standard InChI is InChI=1S/C12H10Br2N2O2/c13-9-6-10(15-11(9)14)12(17)16-18-7-8-4-2-1-3-5-8/h1-6,15H,7H2,(H,16,17). The Bertz CT molecular complexity index is 521. The lowest BCUT2D eigenvalue weighted by Gasteiger charge is -2.04. The summed E-state index contributed by atoms with van der Waals surface area (Å²) in [5, 5.41) is 0. The number of H-pyrrole nitrogens is 1. The molecule has 0 aliphatic rings. The van der Waals surface area contributed by atoms with E-state index in [0.29, 0.717) is 12.3 Å². The zero-order chi connectivity index (χ0) is 13.0. The van der Waals surface area contributed by atoms with Crippen LogP contribution in [0.5, 0.6) is 0 Å². The Morgan fingerprint density at radius 2 is 2.00 bits per heavy atom. The molecule has 0 aliphatic carbocycles. The van der Waals surface area contributed by atoms with Gasteiger partial charge in [0, 0.05) is 0 Å². The number of aromatic amines is 1. The van der Waals surface area contributed by atoms with Crippen LogP contribution in [0.2, 0.25) is 0 Å². The van der Waals surface area contributed by atoms with Crippen molar-refractivity contribution < 1.29 is 9.63 Å². The number of aromatic nitrogens is 1. The van der Waals surface area contributed by atoms with E-state index in [0.717, 1.165) is 14.6 Å². The highest BCUT2D eigenvalue weighted by molar-refractivity contribution is 9.13. The molecule has 0 spiro atoms. The Balaban J connectivity index is 1.85. The van der Waals surface area contributed by atoms with E-state index in [4.69, 9.17) is 4.84 Å². The van der Waals surface area contributed by atoms with Crippen LogP contribution in [-0.4, -0.2) is 10.9 Å². The van der Waals surface area contributed by atoms with Gasteiger partial charge in [-0.05, 0) is 43.5 Å². The summed E-state index contributed by atoms with van der Waals surface area (Å²) in [7, 11) is 0. The van der Waals surface area contributed by atoms with Gasteiger partial charge in [0.2, 0.25) is 0 Å². The molecule has 0 saturated heterocycles. The summed E-state index contributed by atoms with van der Waals surface area (Å²) in [6, 6.07) is 11.3. The molecule has 0 fully saturated rings. The van der Waals surface area contributed by atoms with Crippen LogP contribution in [0, 0.1) is 0 Å². The van der Waals surface area contributed by atoms with Gasteiger partial charge in [-0.2, -0.15) is 0 Å². The van der Waals surface area contributed by atoms with Crippen LogP contribution >= 0.6 is 31.9 Å². The number of amides is 1. The van der Waals surface area contributed by atoms with Gasteiger partial charge in [0.05, 0.1) is 15.7 Å². The van der Waals surface area contributed by atoms with Gasteiger partial charge in [0.15, 0.2) is 0 Å². The fourth-order valence-electron chi connectivity index (χ4n) is 1.34. The normalized spacial score (nSPS) is 10.3. The molecule has 0 unspecified atom stereocenters. The van der Waals surface area contributed by atoms with E-state index < -0.39 is 0 Å². The predicted molar refractivity (Wildman–Crippen MR) is 74.9 cm³/mol. The van der Waals surface area contributed by atoms with Gasteiger partial charge in [0.1, 0.15) is 5.69 Å². The largest absolute Gasteiger partial charge is 0.344 e. The maximum absolute atomic E-state index is 11.7. The molecular weight excluding hydrogens is 364 g/mol. The summed E-state index contributed by atoms with van der Waals surface area (Å²) in [5.74, 6) is -0.322. The number of hydrogen-bond acceptors (Lipinski definition) is 2. The first-order valence-corrected chi connectivity index (χ1v) is 6.75. The second-order valence-corrected chi connectivity index (χ2v) is 5.20. The summed E-state index contributed by atoms with van der Waals surface area (Å²) >= 11 is 6.56. The third-order valence-corrected chi connectivity index (χ3v) is 4.00. The summed E-state index contributed by atoms with van der Waals surface area (Å²) in [6.07, 6.45) is 0. The maximum Gasteiger partial charge on any atom is 0.291 e. The fraction of sp³-hybridized carbons (Fsp3) is 0.0833. The summed E-state index contributed by atoms with van der Waals surface area (Å²) in [4.78, 5) is 19.7. The Morgan fingerprint density at radius 1 is 1.28 bits per heavy atom. The predicted octanol–water partition coefficient (Wildman–Crippen LogP) is 3.40. The van der Waals surface area contributed by atoms with E-state index in [1.807, 2.05) is 30.3 Å². The second kappa shape index (κ2) is 6.17. The van der Waals surface area contributed by atoms with Crippen LogP contribution in [-0.2, 0) is 11.4 Å². The van der Waals surface area contributed by atoms with Gasteiger partial charge in [-0.1, -0.05) is 30.3 Å². The highest BCUT2D eigenvalue weighted by Crippen LogP contribution is 2.22. The molecule has 4 nitrogen and oxygen atoms in total. The first-order valence-electron chi connectivity index (χ1n) is 5.17. The summed E-state index contributed by atoms with van der Waals surface area (Å²) in [6.45, 7) is 0.329. The van der Waals surface area contributed by atoms with E-state index in [1.165, 1.54) is 0 Å². The van der Waals surface area contributed by atoms with Gasteiger partial charge in [-0.3, -0.25) is 9.63 Å². The van der Waals surface area contributed by atoms with Gasteiger partial charge in [-0.15, -0.1) is 0 Å². The minimum absolute atomic E-state index is 0.322. The quantitative estimate of drug-likeness (QED) is 0.807. The summed E-state index contributed by atoms with van der Waals surface area (Å²) in [5.41, 5.74) is 3.79. The number of hydroxylamine groups is 1. The van der Waals surface area contributed by atoms with Crippen molar-refractivity contribution in [2.45, 2.75) is 6.61 Å². The molecule has 1 aromatic carbocycles. The number of carbonyl (C=O) groups is 1. The van der Waals surface area contributed by atoms with Crippen LogP contribution in [0.3, 0.4) is 0 Å². The Morgan fingerprint density at radius 3 is 2.61 bits per heavy atom. The molecule has 2 aromatic rings. The molecule has 1 heterocycles. The van der Waals surface area contributed by atoms with E-state index in [1.54, 1.807) is 6.07 Å². The van der Waals surface area contributed by atoms with Crippen molar-refractivity contribution in [1.29, 1.82) is 0 Å². The zero-order valence-electron chi connectivity index (χ0n) is 9.24. The number of rotatable bonds is 4. The molecule has 6 heteroatoms. The lowest BCUT2D eigenvalue weighted by molar-refractivity contribution is 0.0230. The number of benzene rings is 1. The van der Waals surface area contributed by atoms with Crippen LogP contribution in [0.15, 0.2) is 45.5 Å². The zero-order valence-corrected chi connectivity index (χ0v) is 12.4. The van der Waals surface area contributed by atoms with Crippen molar-refractivity contribution in [3.63, 3.8) is 0 Å². The first kappa shape index (κ1) is 13.3. The monoisotopic (exact) mass is 372 g/mol. The van der Waals surface area contributed by atoms with Crippen molar-refractivity contribution in [3.8, 4) is 0 Å². The van der Waals surface area contributed by atoms with Crippen LogP contribution in [0.4, 0.5) is 0 Å². The third-order valence-electron chi connectivity index (χ3n) is 2.22.